The van der Waals surface area contributed by atoms with Gasteiger partial charge in [0.2, 0.25) is 5.91 Å². The van der Waals surface area contributed by atoms with E-state index in [1.54, 1.807) is 17.4 Å². The van der Waals surface area contributed by atoms with Crippen LogP contribution in [0.4, 0.5) is 16.2 Å². The van der Waals surface area contributed by atoms with Crippen LogP contribution < -0.4 is 19.9 Å². The topological polar surface area (TPSA) is 87.5 Å². The molecule has 1 aromatic carbocycles. The van der Waals surface area contributed by atoms with Crippen molar-refractivity contribution in [2.24, 2.45) is 0 Å². The van der Waals surface area contributed by atoms with E-state index in [9.17, 15) is 9.59 Å². The smallest absolute Gasteiger partial charge is 0.415 e. The number of cyclic esters (lactones) is 1. The summed E-state index contributed by atoms with van der Waals surface area (Å²) in [4.78, 5) is 30.1. The van der Waals surface area contributed by atoms with Gasteiger partial charge in [-0.3, -0.25) is 14.6 Å². The van der Waals surface area contributed by atoms with E-state index in [2.05, 4.69) is 15.1 Å². The number of furan rings is 1. The number of piperazine rings is 1. The first kappa shape index (κ1) is 19.7. The van der Waals surface area contributed by atoms with Gasteiger partial charge in [-0.1, -0.05) is 0 Å². The van der Waals surface area contributed by atoms with Crippen LogP contribution in [0.5, 0.6) is 5.75 Å². The summed E-state index contributed by atoms with van der Waals surface area (Å²) < 4.78 is 16.7. The predicted octanol–water partition coefficient (Wildman–Crippen LogP) is 1.82. The highest BCUT2D eigenvalue weighted by Gasteiger charge is 2.46. The molecule has 9 nitrogen and oxygen atoms in total. The molecule has 2 saturated heterocycles. The maximum atomic E-state index is 12.5. The molecule has 2 amide bonds. The third kappa shape index (κ3) is 3.93. The molecule has 0 unspecified atom stereocenters. The number of carbonyl (C=O) groups is 2. The molecule has 2 atom stereocenters. The monoisotopic (exact) mass is 426 g/mol. The van der Waals surface area contributed by atoms with Crippen molar-refractivity contribution in [3.63, 3.8) is 0 Å². The molecule has 3 aliphatic rings. The van der Waals surface area contributed by atoms with Gasteiger partial charge in [-0.25, -0.2) is 4.79 Å². The van der Waals surface area contributed by atoms with Gasteiger partial charge in [-0.05, 0) is 18.2 Å². The van der Waals surface area contributed by atoms with Gasteiger partial charge in [-0.2, -0.15) is 0 Å². The van der Waals surface area contributed by atoms with Crippen LogP contribution in [-0.4, -0.2) is 68.4 Å². The van der Waals surface area contributed by atoms with Gasteiger partial charge < -0.3 is 24.1 Å². The average Bonchev–Trinajstić information content (AvgIpc) is 3.40. The van der Waals surface area contributed by atoms with E-state index in [0.29, 0.717) is 18.0 Å². The summed E-state index contributed by atoms with van der Waals surface area (Å²) in [6.07, 6.45) is 2.68. The van der Waals surface area contributed by atoms with Crippen molar-refractivity contribution in [3.05, 3.63) is 42.4 Å². The van der Waals surface area contributed by atoms with E-state index in [1.165, 1.54) is 12.5 Å². The number of amides is 2. The van der Waals surface area contributed by atoms with Crippen LogP contribution in [0.15, 0.2) is 41.2 Å². The van der Waals surface area contributed by atoms with Gasteiger partial charge in [0.15, 0.2) is 0 Å². The number of fused-ring (bicyclic) bond motifs is 3. The molecule has 0 spiro atoms. The van der Waals surface area contributed by atoms with E-state index in [1.807, 2.05) is 24.3 Å². The van der Waals surface area contributed by atoms with Crippen LogP contribution >= 0.6 is 0 Å². The number of anilines is 2. The van der Waals surface area contributed by atoms with Crippen molar-refractivity contribution in [2.45, 2.75) is 25.6 Å². The number of nitrogens with zero attached hydrogens (tertiary/aromatic N) is 3. The average molecular weight is 426 g/mol. The molecule has 1 aromatic heterocycles. The maximum absolute atomic E-state index is 12.5. The fraction of sp³-hybridized carbons (Fsp3) is 0.455. The summed E-state index contributed by atoms with van der Waals surface area (Å²) in [6.45, 7) is 6.74. The largest absolute Gasteiger partial charge is 0.489 e. The summed E-state index contributed by atoms with van der Waals surface area (Å²) in [7, 11) is 0. The number of ether oxygens (including phenoxy) is 2. The van der Waals surface area contributed by atoms with Crippen LogP contribution in [0.25, 0.3) is 0 Å². The fourth-order valence-electron chi connectivity index (χ4n) is 4.44. The number of rotatable bonds is 5. The van der Waals surface area contributed by atoms with E-state index >= 15 is 0 Å². The molecule has 2 aromatic rings. The molecular weight excluding hydrogens is 400 g/mol. The quantitative estimate of drug-likeness (QED) is 0.780. The Balaban J connectivity index is 1.25. The predicted molar refractivity (Wildman–Crippen MR) is 113 cm³/mol. The number of hydrogen-bond acceptors (Lipinski definition) is 7. The molecule has 9 heteroatoms. The van der Waals surface area contributed by atoms with Crippen LogP contribution in [0.3, 0.4) is 0 Å². The normalized spacial score (nSPS) is 23.1. The minimum atomic E-state index is -0.424. The highest BCUT2D eigenvalue weighted by molar-refractivity contribution is 5.93. The Morgan fingerprint density at radius 1 is 1.19 bits per heavy atom. The van der Waals surface area contributed by atoms with Gasteiger partial charge in [0, 0.05) is 57.0 Å². The number of carbonyl (C=O) groups excluding carboxylic acids is 2. The van der Waals surface area contributed by atoms with Crippen LogP contribution in [-0.2, 0) is 16.1 Å². The molecular formula is C22H26N4O5. The molecule has 164 valence electrons. The Kier molecular flexibility index (Phi) is 5.19. The number of hydrogen-bond donors (Lipinski definition) is 1. The maximum Gasteiger partial charge on any atom is 0.415 e. The first-order chi connectivity index (χ1) is 15.1. The second-order valence-electron chi connectivity index (χ2n) is 8.15. The molecule has 31 heavy (non-hydrogen) atoms. The zero-order chi connectivity index (χ0) is 21.4. The summed E-state index contributed by atoms with van der Waals surface area (Å²) in [5.74, 6) is 0.535. The van der Waals surface area contributed by atoms with Crippen LogP contribution in [0.1, 0.15) is 12.5 Å². The minimum absolute atomic E-state index is 0.152. The van der Waals surface area contributed by atoms with E-state index in [-0.39, 0.29) is 18.5 Å². The van der Waals surface area contributed by atoms with Crippen molar-refractivity contribution in [1.82, 2.24) is 10.2 Å². The third-order valence-electron chi connectivity index (χ3n) is 6.10. The highest BCUT2D eigenvalue weighted by Crippen LogP contribution is 2.41. The standard InChI is InChI=1S/C22H26N4O5/c1-15(27)23-11-21-19-14-30-20-10-17(2-3-18(20)26(19)22(28)31-21)25-7-5-24(6-8-25)12-16-4-9-29-13-16/h2-4,9-10,13,19,21H,5-8,11-12,14H2,1H3,(H,23,27)/t19-,21-/m0/s1. The van der Waals surface area contributed by atoms with Crippen molar-refractivity contribution < 1.29 is 23.5 Å². The lowest BCUT2D eigenvalue weighted by Gasteiger charge is -2.37. The molecule has 4 heterocycles. The van der Waals surface area contributed by atoms with E-state index in [0.717, 1.165) is 38.4 Å². The Morgan fingerprint density at radius 3 is 2.77 bits per heavy atom. The molecule has 0 radical (unpaired) electrons. The summed E-state index contributed by atoms with van der Waals surface area (Å²) in [6, 6.07) is 7.72. The van der Waals surface area contributed by atoms with E-state index in [4.69, 9.17) is 13.9 Å². The Hall–Kier alpha value is -3.20. The molecule has 0 bridgehead atoms. The van der Waals surface area contributed by atoms with Gasteiger partial charge in [0.25, 0.3) is 0 Å². The molecule has 0 aliphatic carbocycles. The molecule has 1 N–H and O–H groups in total. The number of benzene rings is 1. The van der Waals surface area contributed by atoms with Crippen molar-refractivity contribution in [3.8, 4) is 5.75 Å². The molecule has 5 rings (SSSR count). The SMILES string of the molecule is CC(=O)NC[C@@H]1OC(=O)N2c3ccc(N4CCN(Cc5ccoc5)CC4)cc3OC[C@@H]12. The first-order valence-corrected chi connectivity index (χ1v) is 10.6. The zero-order valence-corrected chi connectivity index (χ0v) is 17.5. The lowest BCUT2D eigenvalue weighted by Crippen LogP contribution is -2.48. The molecule has 2 fully saturated rings. The van der Waals surface area contributed by atoms with Crippen LogP contribution in [0, 0.1) is 0 Å². The van der Waals surface area contributed by atoms with Crippen molar-refractivity contribution in [2.75, 3.05) is 49.1 Å². The lowest BCUT2D eigenvalue weighted by atomic mass is 10.1. The van der Waals surface area contributed by atoms with Gasteiger partial charge >= 0.3 is 6.09 Å². The molecule has 3 aliphatic heterocycles. The Morgan fingerprint density at radius 2 is 2.03 bits per heavy atom. The molecule has 0 saturated carbocycles. The lowest BCUT2D eigenvalue weighted by molar-refractivity contribution is -0.119. The van der Waals surface area contributed by atoms with Crippen molar-refractivity contribution in [1.29, 1.82) is 0 Å². The Bertz CT molecular complexity index is 955. The Labute approximate surface area is 180 Å². The first-order valence-electron chi connectivity index (χ1n) is 10.6. The highest BCUT2D eigenvalue weighted by atomic mass is 16.6. The van der Waals surface area contributed by atoms with Gasteiger partial charge in [0.1, 0.15) is 24.5 Å². The third-order valence-corrected chi connectivity index (χ3v) is 6.10. The minimum Gasteiger partial charge on any atom is -0.489 e. The summed E-state index contributed by atoms with van der Waals surface area (Å²) in [5, 5.41) is 2.72. The van der Waals surface area contributed by atoms with Crippen LogP contribution in [0.2, 0.25) is 0 Å². The van der Waals surface area contributed by atoms with E-state index < -0.39 is 12.2 Å². The van der Waals surface area contributed by atoms with Gasteiger partial charge in [-0.15, -0.1) is 0 Å². The fourth-order valence-corrected chi connectivity index (χ4v) is 4.44. The summed E-state index contributed by atoms with van der Waals surface area (Å²) >= 11 is 0. The number of nitrogens with one attached hydrogen (secondary N) is 1. The zero-order valence-electron chi connectivity index (χ0n) is 17.5. The second kappa shape index (κ2) is 8.14. The van der Waals surface area contributed by atoms with Gasteiger partial charge in [0.05, 0.1) is 24.8 Å². The van der Waals surface area contributed by atoms with Crippen molar-refractivity contribution >= 4 is 23.4 Å². The second-order valence-corrected chi connectivity index (χ2v) is 8.15. The summed E-state index contributed by atoms with van der Waals surface area (Å²) in [5.41, 5.74) is 3.00.